The van der Waals surface area contributed by atoms with E-state index in [1.165, 1.54) is 42.6 Å². The fourth-order valence-electron chi connectivity index (χ4n) is 4.39. The standard InChI is InChI=1S/C27H28N3S/c1-28(2)17-8-18-30-23-10-5-4-9-21(23)22-19-20(13-15-24(22)30)14-16-27-29(3)25-11-6-7-12-26(25)31-27/h4-7,9-16,19H,8,17-18H2,1-3H3/q+1. The molecule has 0 N–H and O–H groups in total. The minimum absolute atomic E-state index is 1.04. The van der Waals surface area contributed by atoms with E-state index in [0.29, 0.717) is 0 Å². The highest BCUT2D eigenvalue weighted by Crippen LogP contribution is 2.30. The number of nitrogens with zero attached hydrogens (tertiary/aromatic N) is 3. The molecule has 5 rings (SSSR count). The molecule has 3 aromatic carbocycles. The Hall–Kier alpha value is -2.95. The Morgan fingerprint density at radius 2 is 1.68 bits per heavy atom. The van der Waals surface area contributed by atoms with Crippen LogP contribution in [0.3, 0.4) is 0 Å². The fourth-order valence-corrected chi connectivity index (χ4v) is 5.45. The largest absolute Gasteiger partial charge is 0.340 e. The van der Waals surface area contributed by atoms with E-state index in [1.807, 2.05) is 11.3 Å². The van der Waals surface area contributed by atoms with Crippen molar-refractivity contribution < 1.29 is 4.57 Å². The van der Waals surface area contributed by atoms with Crippen LogP contribution in [-0.2, 0) is 13.6 Å². The Kier molecular flexibility index (Phi) is 5.34. The van der Waals surface area contributed by atoms with Crippen molar-refractivity contribution in [3.05, 3.63) is 77.3 Å². The summed E-state index contributed by atoms with van der Waals surface area (Å²) in [5.74, 6) is 0. The number of hydrogen-bond acceptors (Lipinski definition) is 2. The SMILES string of the molecule is CN(C)CCCn1c2ccccc2c2cc(/C=C/c3sc4ccccc4[n+]3C)ccc21. The van der Waals surface area contributed by atoms with E-state index in [1.54, 1.807) is 0 Å². The van der Waals surface area contributed by atoms with Crippen LogP contribution in [-0.4, -0.2) is 30.1 Å². The lowest BCUT2D eigenvalue weighted by atomic mass is 10.1. The number of aromatic nitrogens is 2. The van der Waals surface area contributed by atoms with Gasteiger partial charge in [-0.3, -0.25) is 0 Å². The van der Waals surface area contributed by atoms with E-state index >= 15 is 0 Å². The molecule has 0 spiro atoms. The van der Waals surface area contributed by atoms with Gasteiger partial charge >= 0.3 is 0 Å². The summed E-state index contributed by atoms with van der Waals surface area (Å²) in [6.45, 7) is 2.13. The van der Waals surface area contributed by atoms with Gasteiger partial charge in [0.1, 0.15) is 11.7 Å². The molecule has 2 heterocycles. The van der Waals surface area contributed by atoms with E-state index in [4.69, 9.17) is 0 Å². The lowest BCUT2D eigenvalue weighted by Gasteiger charge is -2.11. The Bertz CT molecular complexity index is 1400. The highest BCUT2D eigenvalue weighted by Gasteiger charge is 2.14. The maximum absolute atomic E-state index is 2.48. The molecule has 0 atom stereocenters. The summed E-state index contributed by atoms with van der Waals surface area (Å²) in [4.78, 5) is 2.25. The smallest absolute Gasteiger partial charge is 0.262 e. The molecule has 2 aromatic heterocycles. The third kappa shape index (κ3) is 3.78. The van der Waals surface area contributed by atoms with E-state index in [9.17, 15) is 0 Å². The number of fused-ring (bicyclic) bond motifs is 4. The van der Waals surface area contributed by atoms with Gasteiger partial charge < -0.3 is 9.47 Å². The molecule has 0 aliphatic heterocycles. The topological polar surface area (TPSA) is 12.1 Å². The number of thiazole rings is 1. The molecule has 5 aromatic rings. The lowest BCUT2D eigenvalue weighted by molar-refractivity contribution is -0.642. The van der Waals surface area contributed by atoms with Crippen molar-refractivity contribution in [3.8, 4) is 0 Å². The average molecular weight is 427 g/mol. The second-order valence-electron chi connectivity index (χ2n) is 8.40. The number of benzene rings is 3. The maximum atomic E-state index is 2.48. The third-order valence-corrected chi connectivity index (χ3v) is 7.16. The van der Waals surface area contributed by atoms with Crippen LogP contribution in [0.25, 0.3) is 44.2 Å². The monoisotopic (exact) mass is 426 g/mol. The first-order valence-electron chi connectivity index (χ1n) is 10.8. The second kappa shape index (κ2) is 8.29. The first-order valence-corrected chi connectivity index (χ1v) is 11.6. The molecule has 0 amide bonds. The van der Waals surface area contributed by atoms with Gasteiger partial charge in [-0.2, -0.15) is 4.57 Å². The molecular formula is C27H28N3S+. The molecule has 0 radical (unpaired) electrons. The minimum atomic E-state index is 1.04. The summed E-state index contributed by atoms with van der Waals surface area (Å²) in [7, 11) is 6.42. The normalized spacial score (nSPS) is 12.3. The van der Waals surface area contributed by atoms with Crippen LogP contribution in [0.5, 0.6) is 0 Å². The van der Waals surface area contributed by atoms with Crippen LogP contribution in [0.1, 0.15) is 17.0 Å². The van der Waals surface area contributed by atoms with Gasteiger partial charge in [0.05, 0.1) is 0 Å². The number of hydrogen-bond donors (Lipinski definition) is 0. The van der Waals surface area contributed by atoms with Crippen LogP contribution in [0.2, 0.25) is 0 Å². The Balaban J connectivity index is 1.53. The summed E-state index contributed by atoms with van der Waals surface area (Å²) in [5, 5.41) is 3.93. The van der Waals surface area contributed by atoms with Gasteiger partial charge in [0.2, 0.25) is 5.52 Å². The number of aryl methyl sites for hydroxylation is 2. The van der Waals surface area contributed by atoms with Crippen molar-refractivity contribution in [2.24, 2.45) is 7.05 Å². The van der Waals surface area contributed by atoms with E-state index < -0.39 is 0 Å². The molecule has 0 aliphatic rings. The van der Waals surface area contributed by atoms with Gasteiger partial charge in [0.15, 0.2) is 0 Å². The molecule has 0 unspecified atom stereocenters. The van der Waals surface area contributed by atoms with Crippen LogP contribution in [0.4, 0.5) is 0 Å². The first-order chi connectivity index (χ1) is 15.1. The average Bonchev–Trinajstić information content (AvgIpc) is 3.27. The van der Waals surface area contributed by atoms with Crippen molar-refractivity contribution in [2.45, 2.75) is 13.0 Å². The van der Waals surface area contributed by atoms with Gasteiger partial charge in [-0.05, 0) is 63.0 Å². The first kappa shape index (κ1) is 20.0. The Morgan fingerprint density at radius 1 is 0.903 bits per heavy atom. The molecule has 0 fully saturated rings. The molecule has 0 saturated carbocycles. The second-order valence-corrected chi connectivity index (χ2v) is 9.46. The highest BCUT2D eigenvalue weighted by molar-refractivity contribution is 7.18. The van der Waals surface area contributed by atoms with E-state index in [0.717, 1.165) is 19.5 Å². The zero-order valence-corrected chi connectivity index (χ0v) is 19.2. The molecular weight excluding hydrogens is 398 g/mol. The van der Waals surface area contributed by atoms with Gasteiger partial charge in [-0.1, -0.05) is 47.7 Å². The quantitative estimate of drug-likeness (QED) is 0.305. The number of rotatable bonds is 6. The van der Waals surface area contributed by atoms with Crippen molar-refractivity contribution >= 4 is 55.5 Å². The van der Waals surface area contributed by atoms with Crippen molar-refractivity contribution in [1.29, 1.82) is 0 Å². The van der Waals surface area contributed by atoms with Crippen molar-refractivity contribution in [2.75, 3.05) is 20.6 Å². The van der Waals surface area contributed by atoms with Crippen LogP contribution in [0.15, 0.2) is 66.7 Å². The summed E-state index contributed by atoms with van der Waals surface area (Å²) >= 11 is 1.83. The lowest BCUT2D eigenvalue weighted by Crippen LogP contribution is -2.28. The zero-order valence-electron chi connectivity index (χ0n) is 18.4. The van der Waals surface area contributed by atoms with Gasteiger partial charge in [-0.25, -0.2) is 0 Å². The predicted molar refractivity (Wildman–Crippen MR) is 135 cm³/mol. The van der Waals surface area contributed by atoms with Crippen LogP contribution < -0.4 is 4.57 Å². The van der Waals surface area contributed by atoms with Gasteiger partial charge in [0.25, 0.3) is 5.01 Å². The molecule has 4 heteroatoms. The van der Waals surface area contributed by atoms with Crippen LogP contribution >= 0.6 is 11.3 Å². The molecule has 31 heavy (non-hydrogen) atoms. The summed E-state index contributed by atoms with van der Waals surface area (Å²) in [5.41, 5.74) is 5.17. The zero-order chi connectivity index (χ0) is 21.4. The molecule has 0 aliphatic carbocycles. The molecule has 3 nitrogen and oxygen atoms in total. The summed E-state index contributed by atoms with van der Waals surface area (Å²) in [6.07, 6.45) is 5.62. The predicted octanol–water partition coefficient (Wildman–Crippen LogP) is 5.96. The van der Waals surface area contributed by atoms with Gasteiger partial charge in [-0.15, -0.1) is 0 Å². The molecule has 0 bridgehead atoms. The molecule has 0 saturated heterocycles. The van der Waals surface area contributed by atoms with E-state index in [-0.39, 0.29) is 0 Å². The third-order valence-electron chi connectivity index (χ3n) is 5.97. The van der Waals surface area contributed by atoms with Crippen molar-refractivity contribution in [1.82, 2.24) is 9.47 Å². The van der Waals surface area contributed by atoms with Crippen molar-refractivity contribution in [3.63, 3.8) is 0 Å². The molecule has 156 valence electrons. The minimum Gasteiger partial charge on any atom is -0.340 e. The Labute approximate surface area is 187 Å². The number of para-hydroxylation sites is 2. The summed E-state index contributed by atoms with van der Waals surface area (Å²) < 4.78 is 6.07. The summed E-state index contributed by atoms with van der Waals surface area (Å²) in [6, 6.07) is 24.2. The van der Waals surface area contributed by atoms with E-state index in [2.05, 4.69) is 114 Å². The Morgan fingerprint density at radius 3 is 2.52 bits per heavy atom. The maximum Gasteiger partial charge on any atom is 0.262 e. The fraction of sp³-hybridized carbons (Fsp3) is 0.222. The van der Waals surface area contributed by atoms with Gasteiger partial charge in [0, 0.05) is 40.5 Å². The highest BCUT2D eigenvalue weighted by atomic mass is 32.1. The van der Waals surface area contributed by atoms with Crippen LogP contribution in [0, 0.1) is 0 Å².